The summed E-state index contributed by atoms with van der Waals surface area (Å²) in [4.78, 5) is 0. The van der Waals surface area contributed by atoms with E-state index in [1.165, 1.54) is 6.42 Å². The van der Waals surface area contributed by atoms with E-state index < -0.39 is 5.60 Å². The molecule has 1 aliphatic carbocycles. The van der Waals surface area contributed by atoms with E-state index in [1.807, 2.05) is 6.92 Å². The minimum atomic E-state index is -0.433. The van der Waals surface area contributed by atoms with Gasteiger partial charge in [0.05, 0.1) is 5.60 Å². The zero-order chi connectivity index (χ0) is 9.57. The van der Waals surface area contributed by atoms with Crippen LogP contribution in [0.25, 0.3) is 0 Å². The van der Waals surface area contributed by atoms with Crippen LogP contribution in [0, 0.1) is 17.3 Å². The summed E-state index contributed by atoms with van der Waals surface area (Å²) in [6.07, 6.45) is 2.12. The van der Waals surface area contributed by atoms with Crippen LogP contribution in [0.4, 0.5) is 0 Å². The number of hydrogen-bond acceptors (Lipinski definition) is 1. The van der Waals surface area contributed by atoms with Gasteiger partial charge in [-0.2, -0.15) is 0 Å². The Morgan fingerprint density at radius 1 is 1.50 bits per heavy atom. The van der Waals surface area contributed by atoms with Gasteiger partial charge in [0.25, 0.3) is 0 Å². The molecule has 0 aromatic rings. The number of rotatable bonds is 3. The smallest absolute Gasteiger partial charge is 0.0655 e. The van der Waals surface area contributed by atoms with E-state index in [-0.39, 0.29) is 0 Å². The van der Waals surface area contributed by atoms with E-state index >= 15 is 0 Å². The summed E-state index contributed by atoms with van der Waals surface area (Å²) in [5.41, 5.74) is -0.0456. The molecule has 1 saturated carbocycles. The molecule has 12 heavy (non-hydrogen) atoms. The highest BCUT2D eigenvalue weighted by atomic mass is 16.3. The van der Waals surface area contributed by atoms with E-state index in [2.05, 4.69) is 27.7 Å². The molecular formula is C11H22O. The lowest BCUT2D eigenvalue weighted by Gasteiger charge is -2.27. The third-order valence-corrected chi connectivity index (χ3v) is 3.09. The Balaban J connectivity index is 2.50. The summed E-state index contributed by atoms with van der Waals surface area (Å²) < 4.78 is 0. The molecule has 1 heteroatoms. The lowest BCUT2D eigenvalue weighted by Crippen LogP contribution is -2.30. The molecule has 2 unspecified atom stereocenters. The van der Waals surface area contributed by atoms with Crippen molar-refractivity contribution in [2.45, 2.75) is 53.1 Å². The summed E-state index contributed by atoms with van der Waals surface area (Å²) in [6.45, 7) is 10.8. The maximum Gasteiger partial charge on any atom is 0.0655 e. The van der Waals surface area contributed by atoms with E-state index in [0.29, 0.717) is 17.3 Å². The standard InChI is InChI=1S/C11H22O/c1-8(2)6-11(5,12)9-7-10(9,3)4/h8-9,12H,6-7H2,1-5H3. The first kappa shape index (κ1) is 10.0. The third kappa shape index (κ3) is 2.01. The van der Waals surface area contributed by atoms with Crippen molar-refractivity contribution in [1.29, 1.82) is 0 Å². The fraction of sp³-hybridized carbons (Fsp3) is 1.00. The molecule has 0 aromatic heterocycles. The number of hydrogen-bond donors (Lipinski definition) is 1. The summed E-state index contributed by atoms with van der Waals surface area (Å²) in [5, 5.41) is 10.2. The molecule has 72 valence electrons. The Bertz CT molecular complexity index is 168. The van der Waals surface area contributed by atoms with Gasteiger partial charge < -0.3 is 5.11 Å². The van der Waals surface area contributed by atoms with Crippen LogP contribution in [-0.2, 0) is 0 Å². The molecule has 0 amide bonds. The van der Waals surface area contributed by atoms with Gasteiger partial charge in [-0.1, -0.05) is 27.7 Å². The van der Waals surface area contributed by atoms with E-state index in [1.54, 1.807) is 0 Å². The predicted molar refractivity (Wildman–Crippen MR) is 52.0 cm³/mol. The van der Waals surface area contributed by atoms with Gasteiger partial charge in [-0.05, 0) is 37.0 Å². The summed E-state index contributed by atoms with van der Waals surface area (Å²) in [6, 6.07) is 0. The third-order valence-electron chi connectivity index (χ3n) is 3.09. The normalized spacial score (nSPS) is 31.8. The van der Waals surface area contributed by atoms with Crippen molar-refractivity contribution in [3.05, 3.63) is 0 Å². The van der Waals surface area contributed by atoms with Crippen molar-refractivity contribution < 1.29 is 5.11 Å². The Hall–Kier alpha value is -0.0400. The second kappa shape index (κ2) is 2.73. The second-order valence-corrected chi connectivity index (χ2v) is 5.70. The largest absolute Gasteiger partial charge is 0.390 e. The maximum absolute atomic E-state index is 10.2. The van der Waals surface area contributed by atoms with Crippen LogP contribution in [0.15, 0.2) is 0 Å². The molecule has 0 aliphatic heterocycles. The molecule has 1 rings (SSSR count). The molecule has 0 spiro atoms. The SMILES string of the molecule is CC(C)CC(C)(O)C1CC1(C)C. The second-order valence-electron chi connectivity index (χ2n) is 5.70. The van der Waals surface area contributed by atoms with Crippen LogP contribution in [0.5, 0.6) is 0 Å². The van der Waals surface area contributed by atoms with Crippen LogP contribution in [-0.4, -0.2) is 10.7 Å². The highest BCUT2D eigenvalue weighted by molar-refractivity contribution is 5.05. The first-order chi connectivity index (χ1) is 5.26. The molecule has 1 nitrogen and oxygen atoms in total. The van der Waals surface area contributed by atoms with E-state index in [4.69, 9.17) is 0 Å². The fourth-order valence-corrected chi connectivity index (χ4v) is 2.50. The van der Waals surface area contributed by atoms with Crippen LogP contribution >= 0.6 is 0 Å². The topological polar surface area (TPSA) is 20.2 Å². The van der Waals surface area contributed by atoms with Gasteiger partial charge in [0.1, 0.15) is 0 Å². The average Bonchev–Trinajstić information content (AvgIpc) is 2.36. The summed E-state index contributed by atoms with van der Waals surface area (Å²) in [5.74, 6) is 1.11. The summed E-state index contributed by atoms with van der Waals surface area (Å²) in [7, 11) is 0. The molecule has 1 N–H and O–H groups in total. The molecule has 0 heterocycles. The predicted octanol–water partition coefficient (Wildman–Crippen LogP) is 2.83. The minimum absolute atomic E-state index is 0.387. The van der Waals surface area contributed by atoms with Crippen molar-refractivity contribution in [2.24, 2.45) is 17.3 Å². The molecule has 0 bridgehead atoms. The first-order valence-electron chi connectivity index (χ1n) is 4.98. The lowest BCUT2D eigenvalue weighted by atomic mass is 9.86. The van der Waals surface area contributed by atoms with Crippen molar-refractivity contribution in [3.63, 3.8) is 0 Å². The van der Waals surface area contributed by atoms with E-state index in [0.717, 1.165) is 6.42 Å². The Labute approximate surface area is 76.2 Å². The van der Waals surface area contributed by atoms with E-state index in [9.17, 15) is 5.11 Å². The minimum Gasteiger partial charge on any atom is -0.390 e. The van der Waals surface area contributed by atoms with Gasteiger partial charge in [0.2, 0.25) is 0 Å². The lowest BCUT2D eigenvalue weighted by molar-refractivity contribution is 0.00561. The van der Waals surface area contributed by atoms with Crippen molar-refractivity contribution in [1.82, 2.24) is 0 Å². The van der Waals surface area contributed by atoms with Crippen LogP contribution in [0.1, 0.15) is 47.5 Å². The quantitative estimate of drug-likeness (QED) is 0.690. The Morgan fingerprint density at radius 2 is 1.92 bits per heavy atom. The molecule has 0 radical (unpaired) electrons. The Kier molecular flexibility index (Phi) is 2.28. The van der Waals surface area contributed by atoms with Crippen LogP contribution < -0.4 is 0 Å². The van der Waals surface area contributed by atoms with Gasteiger partial charge in [-0.3, -0.25) is 0 Å². The van der Waals surface area contributed by atoms with Crippen molar-refractivity contribution in [2.75, 3.05) is 0 Å². The van der Waals surface area contributed by atoms with Gasteiger partial charge in [0, 0.05) is 0 Å². The molecule has 0 aromatic carbocycles. The van der Waals surface area contributed by atoms with Crippen LogP contribution in [0.3, 0.4) is 0 Å². The molecule has 1 fully saturated rings. The maximum atomic E-state index is 10.2. The highest BCUT2D eigenvalue weighted by Gasteiger charge is 2.55. The van der Waals surface area contributed by atoms with Gasteiger partial charge in [0.15, 0.2) is 0 Å². The molecule has 1 aliphatic rings. The first-order valence-corrected chi connectivity index (χ1v) is 4.98. The van der Waals surface area contributed by atoms with Crippen molar-refractivity contribution >= 4 is 0 Å². The molecule has 0 saturated heterocycles. The number of aliphatic hydroxyl groups is 1. The zero-order valence-corrected chi connectivity index (χ0v) is 9.02. The monoisotopic (exact) mass is 170 g/mol. The molecule has 2 atom stereocenters. The van der Waals surface area contributed by atoms with Crippen molar-refractivity contribution in [3.8, 4) is 0 Å². The van der Waals surface area contributed by atoms with Crippen LogP contribution in [0.2, 0.25) is 0 Å². The zero-order valence-electron chi connectivity index (χ0n) is 9.02. The summed E-state index contributed by atoms with van der Waals surface area (Å²) >= 11 is 0. The average molecular weight is 170 g/mol. The molecular weight excluding hydrogens is 148 g/mol. The highest BCUT2D eigenvalue weighted by Crippen LogP contribution is 2.58. The van der Waals surface area contributed by atoms with Gasteiger partial charge >= 0.3 is 0 Å². The fourth-order valence-electron chi connectivity index (χ4n) is 2.50. The van der Waals surface area contributed by atoms with Gasteiger partial charge in [-0.15, -0.1) is 0 Å². The van der Waals surface area contributed by atoms with Gasteiger partial charge in [-0.25, -0.2) is 0 Å². The Morgan fingerprint density at radius 3 is 2.17 bits per heavy atom.